The van der Waals surface area contributed by atoms with Crippen molar-refractivity contribution in [3.05, 3.63) is 71.3 Å². The van der Waals surface area contributed by atoms with Gasteiger partial charge in [0.2, 0.25) is 0 Å². The Labute approximate surface area is 188 Å². The first-order valence-electron chi connectivity index (χ1n) is 10.9. The first kappa shape index (κ1) is 24.2. The summed E-state index contributed by atoms with van der Waals surface area (Å²) in [6, 6.07) is 15.2. The molecule has 0 spiro atoms. The molecule has 1 saturated carbocycles. The molecule has 2 aromatic rings. The van der Waals surface area contributed by atoms with Crippen molar-refractivity contribution >= 4 is 19.5 Å². The lowest BCUT2D eigenvalue weighted by Gasteiger charge is -2.38. The minimum absolute atomic E-state index is 0.112. The zero-order valence-electron chi connectivity index (χ0n) is 18.0. The number of amides is 1. The maximum absolute atomic E-state index is 13.5. The highest BCUT2D eigenvalue weighted by molar-refractivity contribution is 7.50. The van der Waals surface area contributed by atoms with Crippen molar-refractivity contribution in [1.82, 2.24) is 4.90 Å². The van der Waals surface area contributed by atoms with E-state index in [0.717, 1.165) is 37.7 Å². The topological polar surface area (TPSA) is 115 Å². The lowest BCUT2D eigenvalue weighted by atomic mass is 9.81. The Morgan fingerprint density at radius 1 is 0.938 bits per heavy atom. The first-order valence-corrected chi connectivity index (χ1v) is 12.7. The van der Waals surface area contributed by atoms with Gasteiger partial charge in [-0.15, -0.1) is 0 Å². The van der Waals surface area contributed by atoms with Gasteiger partial charge in [0.1, 0.15) is 0 Å². The number of carbonyl (C=O) groups excluding carboxylic acids is 1. The molecule has 1 aliphatic carbocycles. The quantitative estimate of drug-likeness (QED) is 0.478. The molecule has 3 rings (SSSR count). The molecule has 0 radical (unpaired) electrons. The van der Waals surface area contributed by atoms with Crippen molar-refractivity contribution < 1.29 is 29.0 Å². The molecule has 0 heterocycles. The molecule has 7 nitrogen and oxygen atoms in total. The molecular formula is C24H30NO6P. The number of nitrogens with zero attached hydrogens (tertiary/aromatic N) is 1. The van der Waals surface area contributed by atoms with E-state index in [1.165, 1.54) is 0 Å². The summed E-state index contributed by atoms with van der Waals surface area (Å²) < 4.78 is 11.3. The SMILES string of the molecule is O=C(O)CC(C1CCCCC1)N(Cc1ccc(CP(=O)(O)O)cc1)C(=O)c1ccccc1. The zero-order valence-corrected chi connectivity index (χ0v) is 18.9. The minimum atomic E-state index is -4.17. The predicted molar refractivity (Wildman–Crippen MR) is 121 cm³/mol. The molecule has 32 heavy (non-hydrogen) atoms. The van der Waals surface area contributed by atoms with Crippen LogP contribution in [0.5, 0.6) is 0 Å². The second-order valence-electron chi connectivity index (χ2n) is 8.50. The van der Waals surface area contributed by atoms with Gasteiger partial charge in [-0.25, -0.2) is 0 Å². The number of carbonyl (C=O) groups is 2. The van der Waals surface area contributed by atoms with Crippen LogP contribution >= 0.6 is 7.60 Å². The summed E-state index contributed by atoms with van der Waals surface area (Å²) >= 11 is 0. The molecular weight excluding hydrogens is 429 g/mol. The second-order valence-corrected chi connectivity index (χ2v) is 10.1. The van der Waals surface area contributed by atoms with Gasteiger partial charge in [0.25, 0.3) is 5.91 Å². The number of hydrogen-bond donors (Lipinski definition) is 3. The fraction of sp³-hybridized carbons (Fsp3) is 0.417. The summed E-state index contributed by atoms with van der Waals surface area (Å²) in [5.41, 5.74) is 1.81. The lowest BCUT2D eigenvalue weighted by molar-refractivity contribution is -0.138. The number of aliphatic carboxylic acids is 1. The Morgan fingerprint density at radius 3 is 2.09 bits per heavy atom. The first-order chi connectivity index (χ1) is 15.2. The van der Waals surface area contributed by atoms with Gasteiger partial charge in [-0.1, -0.05) is 61.7 Å². The van der Waals surface area contributed by atoms with E-state index in [-0.39, 0.29) is 31.0 Å². The van der Waals surface area contributed by atoms with Gasteiger partial charge >= 0.3 is 13.6 Å². The van der Waals surface area contributed by atoms with E-state index >= 15 is 0 Å². The van der Waals surface area contributed by atoms with Crippen molar-refractivity contribution in [2.24, 2.45) is 5.92 Å². The summed E-state index contributed by atoms with van der Waals surface area (Å²) in [4.78, 5) is 45.3. The summed E-state index contributed by atoms with van der Waals surface area (Å²) in [6.45, 7) is 0.234. The number of hydrogen-bond acceptors (Lipinski definition) is 3. The van der Waals surface area contributed by atoms with Crippen LogP contribution in [0.2, 0.25) is 0 Å². The largest absolute Gasteiger partial charge is 0.481 e. The molecule has 0 aliphatic heterocycles. The molecule has 0 bridgehead atoms. The highest BCUT2D eigenvalue weighted by Gasteiger charge is 2.34. The Bertz CT molecular complexity index is 950. The van der Waals surface area contributed by atoms with Crippen LogP contribution in [-0.4, -0.2) is 37.7 Å². The summed E-state index contributed by atoms with van der Waals surface area (Å²) in [6.07, 6.45) is 4.54. The van der Waals surface area contributed by atoms with Gasteiger partial charge in [-0.3, -0.25) is 14.2 Å². The minimum Gasteiger partial charge on any atom is -0.481 e. The number of benzene rings is 2. The van der Waals surface area contributed by atoms with Crippen molar-refractivity contribution in [2.75, 3.05) is 0 Å². The second kappa shape index (κ2) is 10.9. The molecule has 1 aliphatic rings. The van der Waals surface area contributed by atoms with E-state index in [1.54, 1.807) is 53.4 Å². The molecule has 0 saturated heterocycles. The third-order valence-electron chi connectivity index (χ3n) is 6.02. The summed E-state index contributed by atoms with van der Waals surface area (Å²) in [7, 11) is -4.17. The Hall–Kier alpha value is -2.47. The molecule has 1 fully saturated rings. The molecule has 0 aromatic heterocycles. The Morgan fingerprint density at radius 2 is 1.53 bits per heavy atom. The normalized spacial score (nSPS) is 15.8. The fourth-order valence-corrected chi connectivity index (χ4v) is 5.19. The van der Waals surface area contributed by atoms with Crippen LogP contribution in [0.1, 0.15) is 60.0 Å². The average Bonchev–Trinajstić information content (AvgIpc) is 2.77. The van der Waals surface area contributed by atoms with Crippen LogP contribution in [0, 0.1) is 5.92 Å². The van der Waals surface area contributed by atoms with E-state index in [9.17, 15) is 29.0 Å². The van der Waals surface area contributed by atoms with E-state index in [0.29, 0.717) is 11.1 Å². The predicted octanol–water partition coefficient (Wildman–Crippen LogP) is 4.43. The highest BCUT2D eigenvalue weighted by atomic mass is 31.2. The van der Waals surface area contributed by atoms with Crippen molar-refractivity contribution in [3.63, 3.8) is 0 Å². The van der Waals surface area contributed by atoms with Crippen molar-refractivity contribution in [1.29, 1.82) is 0 Å². The van der Waals surface area contributed by atoms with E-state index in [1.807, 2.05) is 6.07 Å². The number of carboxylic acids is 1. The van der Waals surface area contributed by atoms with Crippen LogP contribution in [0.15, 0.2) is 54.6 Å². The standard InChI is InChI=1S/C24H30NO6P/c26-23(27)15-22(20-7-3-1-4-8-20)25(24(28)21-9-5-2-6-10-21)16-18-11-13-19(14-12-18)17-32(29,30)31/h2,5-6,9-14,20,22H,1,3-4,7-8,15-17H2,(H,26,27)(H2,29,30,31). The van der Waals surface area contributed by atoms with Gasteiger partial charge in [-0.05, 0) is 42.0 Å². The number of rotatable bonds is 9. The summed E-state index contributed by atoms with van der Waals surface area (Å²) in [5, 5.41) is 9.61. The summed E-state index contributed by atoms with van der Waals surface area (Å²) in [5.74, 6) is -1.01. The van der Waals surface area contributed by atoms with Gasteiger partial charge < -0.3 is 19.8 Å². The number of carboxylic acid groups (broad SMARTS) is 1. The molecule has 8 heteroatoms. The van der Waals surface area contributed by atoms with E-state index < -0.39 is 19.6 Å². The van der Waals surface area contributed by atoms with E-state index in [4.69, 9.17) is 0 Å². The monoisotopic (exact) mass is 459 g/mol. The van der Waals surface area contributed by atoms with Gasteiger partial charge in [0.05, 0.1) is 12.6 Å². The molecule has 1 unspecified atom stereocenters. The maximum Gasteiger partial charge on any atom is 0.329 e. The molecule has 1 amide bonds. The third-order valence-corrected chi connectivity index (χ3v) is 6.80. The lowest BCUT2D eigenvalue weighted by Crippen LogP contribution is -2.46. The van der Waals surface area contributed by atoms with Gasteiger partial charge in [-0.2, -0.15) is 0 Å². The van der Waals surface area contributed by atoms with E-state index in [2.05, 4.69) is 0 Å². The fourth-order valence-electron chi connectivity index (χ4n) is 4.50. The molecule has 3 N–H and O–H groups in total. The van der Waals surface area contributed by atoms with Crippen LogP contribution in [0.4, 0.5) is 0 Å². The Balaban J connectivity index is 1.91. The highest BCUT2D eigenvalue weighted by Crippen LogP contribution is 2.39. The smallest absolute Gasteiger partial charge is 0.329 e. The average molecular weight is 459 g/mol. The van der Waals surface area contributed by atoms with Crippen molar-refractivity contribution in [2.45, 2.75) is 57.3 Å². The van der Waals surface area contributed by atoms with Crippen LogP contribution in [0.25, 0.3) is 0 Å². The van der Waals surface area contributed by atoms with Crippen LogP contribution in [-0.2, 0) is 22.1 Å². The van der Waals surface area contributed by atoms with Gasteiger partial charge in [0, 0.05) is 18.2 Å². The van der Waals surface area contributed by atoms with Crippen LogP contribution in [0.3, 0.4) is 0 Å². The molecule has 1 atom stereocenters. The third kappa shape index (κ3) is 7.02. The molecule has 172 valence electrons. The van der Waals surface area contributed by atoms with Crippen LogP contribution < -0.4 is 0 Å². The Kier molecular flexibility index (Phi) is 8.24. The maximum atomic E-state index is 13.5. The zero-order chi connectivity index (χ0) is 23.1. The molecule has 2 aromatic carbocycles. The van der Waals surface area contributed by atoms with Crippen molar-refractivity contribution in [3.8, 4) is 0 Å². The van der Waals surface area contributed by atoms with Gasteiger partial charge in [0.15, 0.2) is 0 Å².